The second-order valence-corrected chi connectivity index (χ2v) is 4.18. The molecule has 82 valence electrons. The van der Waals surface area contributed by atoms with Crippen LogP contribution in [0.15, 0.2) is 40.1 Å². The number of carboxylic acids is 1. The molecule has 2 aliphatic heterocycles. The van der Waals surface area contributed by atoms with E-state index in [0.29, 0.717) is 13.0 Å². The minimum Gasteiger partial charge on any atom is -0.480 e. The smallest absolute Gasteiger partial charge is 0.321 e. The molecule has 0 radical (unpaired) electrons. The largest absolute Gasteiger partial charge is 0.480 e. The maximum absolute atomic E-state index is 10.9. The Bertz CT molecular complexity index is 483. The van der Waals surface area contributed by atoms with Crippen molar-refractivity contribution >= 4 is 11.7 Å². The predicted octanol–water partition coefficient (Wildman–Crippen LogP) is 1.03. The molecule has 0 saturated carbocycles. The second kappa shape index (κ2) is 3.42. The number of nitrogens with one attached hydrogen (secondary N) is 1. The van der Waals surface area contributed by atoms with Gasteiger partial charge in [0, 0.05) is 13.0 Å². The van der Waals surface area contributed by atoms with Crippen molar-refractivity contribution in [2.24, 2.45) is 4.99 Å². The van der Waals surface area contributed by atoms with Crippen LogP contribution in [-0.2, 0) is 4.79 Å². The topological polar surface area (TPSA) is 61.7 Å². The molecule has 4 heteroatoms. The van der Waals surface area contributed by atoms with Gasteiger partial charge >= 0.3 is 5.97 Å². The van der Waals surface area contributed by atoms with Crippen LogP contribution in [0.4, 0.5) is 0 Å². The number of aliphatic imine (C=N–C) groups is 1. The van der Waals surface area contributed by atoms with Gasteiger partial charge in [0.05, 0.1) is 11.4 Å². The molecule has 3 aliphatic rings. The normalized spacial score (nSPS) is 27.1. The molecule has 0 aromatic carbocycles. The Kier molecular flexibility index (Phi) is 2.04. The molecule has 2 N–H and O–H groups in total. The van der Waals surface area contributed by atoms with E-state index in [1.54, 1.807) is 0 Å². The van der Waals surface area contributed by atoms with Crippen molar-refractivity contribution in [1.29, 1.82) is 0 Å². The van der Waals surface area contributed by atoms with Crippen LogP contribution in [0, 0.1) is 0 Å². The van der Waals surface area contributed by atoms with Gasteiger partial charge in [0.25, 0.3) is 0 Å². The van der Waals surface area contributed by atoms with Gasteiger partial charge in [-0.15, -0.1) is 0 Å². The van der Waals surface area contributed by atoms with E-state index in [1.165, 1.54) is 5.57 Å². The van der Waals surface area contributed by atoms with E-state index in [0.717, 1.165) is 23.4 Å². The summed E-state index contributed by atoms with van der Waals surface area (Å²) in [5, 5.41) is 12.0. The van der Waals surface area contributed by atoms with Crippen molar-refractivity contribution in [3.63, 3.8) is 0 Å². The summed E-state index contributed by atoms with van der Waals surface area (Å²) in [7, 11) is 0. The first-order valence-electron chi connectivity index (χ1n) is 5.39. The Labute approximate surface area is 93.1 Å². The van der Waals surface area contributed by atoms with Crippen LogP contribution in [0.5, 0.6) is 0 Å². The third kappa shape index (κ3) is 1.34. The third-order valence-electron chi connectivity index (χ3n) is 3.21. The summed E-state index contributed by atoms with van der Waals surface area (Å²) in [4.78, 5) is 15.5. The molecule has 1 fully saturated rings. The maximum Gasteiger partial charge on any atom is 0.321 e. The number of piperidine rings is 1. The first kappa shape index (κ1) is 9.54. The van der Waals surface area contributed by atoms with E-state index in [1.807, 2.05) is 12.2 Å². The van der Waals surface area contributed by atoms with Crippen molar-refractivity contribution in [1.82, 2.24) is 5.32 Å². The number of rotatable bonds is 1. The van der Waals surface area contributed by atoms with E-state index >= 15 is 0 Å². The van der Waals surface area contributed by atoms with Crippen LogP contribution < -0.4 is 5.32 Å². The van der Waals surface area contributed by atoms with Gasteiger partial charge in [-0.2, -0.15) is 0 Å². The summed E-state index contributed by atoms with van der Waals surface area (Å²) in [6.07, 6.45) is 7.51. The SMILES string of the molecule is O=C(O)C1CC2=C3CC=CC=C3N=C2CN1. The van der Waals surface area contributed by atoms with Crippen LogP contribution in [0.3, 0.4) is 0 Å². The number of fused-ring (bicyclic) bond motifs is 2. The van der Waals surface area contributed by atoms with E-state index in [-0.39, 0.29) is 0 Å². The lowest BCUT2D eigenvalue weighted by Gasteiger charge is -2.23. The highest BCUT2D eigenvalue weighted by atomic mass is 16.4. The number of hydrogen-bond acceptors (Lipinski definition) is 3. The molecule has 1 unspecified atom stereocenters. The van der Waals surface area contributed by atoms with Crippen molar-refractivity contribution in [3.05, 3.63) is 35.1 Å². The van der Waals surface area contributed by atoms with Crippen LogP contribution >= 0.6 is 0 Å². The highest BCUT2D eigenvalue weighted by molar-refractivity contribution is 6.08. The van der Waals surface area contributed by atoms with Crippen LogP contribution in [-0.4, -0.2) is 29.4 Å². The van der Waals surface area contributed by atoms with Crippen LogP contribution in [0.25, 0.3) is 0 Å². The van der Waals surface area contributed by atoms with Crippen LogP contribution in [0.2, 0.25) is 0 Å². The third-order valence-corrected chi connectivity index (χ3v) is 3.21. The summed E-state index contributed by atoms with van der Waals surface area (Å²) in [5.74, 6) is -0.782. The molecule has 1 aliphatic carbocycles. The quantitative estimate of drug-likeness (QED) is 0.688. The molecule has 3 rings (SSSR count). The summed E-state index contributed by atoms with van der Waals surface area (Å²) in [6.45, 7) is 0.563. The zero-order valence-corrected chi connectivity index (χ0v) is 8.73. The van der Waals surface area contributed by atoms with Crippen molar-refractivity contribution in [2.45, 2.75) is 18.9 Å². The average Bonchev–Trinajstić information content (AvgIpc) is 2.66. The van der Waals surface area contributed by atoms with Gasteiger partial charge in [0.15, 0.2) is 0 Å². The Hall–Kier alpha value is -1.68. The lowest BCUT2D eigenvalue weighted by atomic mass is 9.91. The Balaban J connectivity index is 1.97. The molecule has 2 heterocycles. The van der Waals surface area contributed by atoms with Crippen molar-refractivity contribution in [2.75, 3.05) is 6.54 Å². The molecule has 0 aromatic heterocycles. The molecule has 0 bridgehead atoms. The van der Waals surface area contributed by atoms with Gasteiger partial charge in [0.2, 0.25) is 0 Å². The van der Waals surface area contributed by atoms with E-state index in [2.05, 4.69) is 16.4 Å². The molecule has 0 amide bonds. The van der Waals surface area contributed by atoms with Gasteiger partial charge in [-0.05, 0) is 23.6 Å². The Morgan fingerprint density at radius 2 is 2.38 bits per heavy atom. The fraction of sp³-hybridized carbons (Fsp3) is 0.333. The summed E-state index contributed by atoms with van der Waals surface area (Å²) < 4.78 is 0. The Morgan fingerprint density at radius 3 is 3.19 bits per heavy atom. The van der Waals surface area contributed by atoms with Crippen molar-refractivity contribution in [3.8, 4) is 0 Å². The van der Waals surface area contributed by atoms with Gasteiger partial charge in [-0.25, -0.2) is 0 Å². The van der Waals surface area contributed by atoms with Crippen LogP contribution in [0.1, 0.15) is 12.8 Å². The lowest BCUT2D eigenvalue weighted by Crippen LogP contribution is -2.45. The van der Waals surface area contributed by atoms with Gasteiger partial charge in [-0.3, -0.25) is 15.1 Å². The molecule has 16 heavy (non-hydrogen) atoms. The molecule has 1 saturated heterocycles. The molecule has 1 atom stereocenters. The van der Waals surface area contributed by atoms with E-state index in [4.69, 9.17) is 5.11 Å². The van der Waals surface area contributed by atoms with Gasteiger partial charge in [0.1, 0.15) is 6.04 Å². The first-order valence-corrected chi connectivity index (χ1v) is 5.39. The monoisotopic (exact) mass is 216 g/mol. The molecule has 4 nitrogen and oxygen atoms in total. The second-order valence-electron chi connectivity index (χ2n) is 4.18. The number of nitrogens with zero attached hydrogens (tertiary/aromatic N) is 1. The fourth-order valence-corrected chi connectivity index (χ4v) is 2.38. The maximum atomic E-state index is 10.9. The van der Waals surface area contributed by atoms with Gasteiger partial charge < -0.3 is 5.11 Å². The van der Waals surface area contributed by atoms with E-state index in [9.17, 15) is 4.79 Å². The zero-order chi connectivity index (χ0) is 11.1. The lowest BCUT2D eigenvalue weighted by molar-refractivity contribution is -0.139. The number of carboxylic acid groups (broad SMARTS) is 1. The van der Waals surface area contributed by atoms with E-state index < -0.39 is 12.0 Å². The number of carbonyl (C=O) groups is 1. The molecular weight excluding hydrogens is 204 g/mol. The Morgan fingerprint density at radius 1 is 1.50 bits per heavy atom. The minimum absolute atomic E-state index is 0.466. The molecule has 0 aromatic rings. The predicted molar refractivity (Wildman–Crippen MR) is 60.3 cm³/mol. The summed E-state index contributed by atoms with van der Waals surface area (Å²) in [6, 6.07) is -0.466. The molecule has 0 spiro atoms. The first-order chi connectivity index (χ1) is 7.75. The highest BCUT2D eigenvalue weighted by Crippen LogP contribution is 2.34. The minimum atomic E-state index is -0.782. The number of aliphatic carboxylic acids is 1. The average molecular weight is 216 g/mol. The summed E-state index contributed by atoms with van der Waals surface area (Å²) in [5.41, 5.74) is 4.38. The highest BCUT2D eigenvalue weighted by Gasteiger charge is 2.32. The summed E-state index contributed by atoms with van der Waals surface area (Å²) >= 11 is 0. The number of allylic oxidation sites excluding steroid dienone is 4. The fourth-order valence-electron chi connectivity index (χ4n) is 2.38. The zero-order valence-electron chi connectivity index (χ0n) is 8.73. The van der Waals surface area contributed by atoms with Gasteiger partial charge in [-0.1, -0.05) is 12.2 Å². The van der Waals surface area contributed by atoms with Crippen molar-refractivity contribution < 1.29 is 9.90 Å². The number of hydrogen-bond donors (Lipinski definition) is 2. The standard InChI is InChI=1S/C12H12N2O2/c15-12(16)10-5-8-7-3-1-2-4-9(7)14-11(8)6-13-10/h1-2,4,10,13H,3,5-6H2,(H,15,16). The molecular formula is C12H12N2O2.